The SMILES string of the molecule is [O-][S+](c1cc(S)c(S)c(S)c1S)c1cc(S)c(S)c(S)c1S. The van der Waals surface area contributed by atoms with Crippen LogP contribution in [0.3, 0.4) is 0 Å². The van der Waals surface area contributed by atoms with Gasteiger partial charge in [0, 0.05) is 52.7 Å². The van der Waals surface area contributed by atoms with Crippen molar-refractivity contribution in [3.8, 4) is 0 Å². The van der Waals surface area contributed by atoms with Crippen LogP contribution >= 0.6 is 101 Å². The summed E-state index contributed by atoms with van der Waals surface area (Å²) in [7, 11) is 0. The molecule has 10 heteroatoms. The van der Waals surface area contributed by atoms with Gasteiger partial charge in [0.2, 0.25) is 0 Å². The number of thiol groups is 8. The third kappa shape index (κ3) is 3.71. The molecule has 0 aliphatic carbocycles. The molecule has 0 amide bonds. The second-order valence-corrected chi connectivity index (χ2v) is 9.21. The molecular weight excluding hydrogens is 449 g/mol. The average Bonchev–Trinajstić information content (AvgIpc) is 2.49. The molecule has 0 aliphatic rings. The summed E-state index contributed by atoms with van der Waals surface area (Å²) in [5.41, 5.74) is 0. The Morgan fingerprint density at radius 1 is 0.545 bits per heavy atom. The largest absolute Gasteiger partial charge is 0.606 e. The van der Waals surface area contributed by atoms with E-state index in [9.17, 15) is 4.55 Å². The van der Waals surface area contributed by atoms with Gasteiger partial charge >= 0.3 is 0 Å². The second kappa shape index (κ2) is 7.84. The number of rotatable bonds is 2. The highest BCUT2D eigenvalue weighted by Gasteiger charge is 2.26. The monoisotopic (exact) mass is 458 g/mol. The van der Waals surface area contributed by atoms with Gasteiger partial charge in [0.05, 0.1) is 9.79 Å². The minimum Gasteiger partial charge on any atom is -0.606 e. The van der Waals surface area contributed by atoms with Gasteiger partial charge in [-0.15, -0.1) is 101 Å². The molecule has 22 heavy (non-hydrogen) atoms. The van der Waals surface area contributed by atoms with Crippen LogP contribution in [0.1, 0.15) is 0 Å². The highest BCUT2D eigenvalue weighted by molar-refractivity contribution is 7.93. The molecule has 118 valence electrons. The molecule has 0 saturated carbocycles. The van der Waals surface area contributed by atoms with Gasteiger partial charge < -0.3 is 4.55 Å². The van der Waals surface area contributed by atoms with Crippen LogP contribution in [0.25, 0.3) is 0 Å². The Hall–Kier alpha value is 1.55. The summed E-state index contributed by atoms with van der Waals surface area (Å²) in [6.07, 6.45) is 0. The Kier molecular flexibility index (Phi) is 7.08. The molecule has 0 aromatic heterocycles. The van der Waals surface area contributed by atoms with Crippen LogP contribution in [-0.4, -0.2) is 4.55 Å². The minimum absolute atomic E-state index is 0.471. The van der Waals surface area contributed by atoms with E-state index in [1.165, 1.54) is 0 Å². The predicted molar refractivity (Wildman–Crippen MR) is 116 cm³/mol. The fraction of sp³-hybridized carbons (Fsp3) is 0. The molecule has 0 N–H and O–H groups in total. The first-order valence-corrected chi connectivity index (χ1v) is 10.2. The smallest absolute Gasteiger partial charge is 0.174 e. The molecule has 1 nitrogen and oxygen atoms in total. The van der Waals surface area contributed by atoms with Crippen molar-refractivity contribution in [1.29, 1.82) is 0 Å². The summed E-state index contributed by atoms with van der Waals surface area (Å²) < 4.78 is 12.9. The standard InChI is InChI=1S/C12H10OS9/c13-22(5-1-3(14)7(16)11(20)9(5)18)6-2-4(15)8(17)12(21)10(6)19/h1-2,14-21H. The van der Waals surface area contributed by atoms with Crippen molar-refractivity contribution in [1.82, 2.24) is 0 Å². The summed E-state index contributed by atoms with van der Waals surface area (Å²) in [5, 5.41) is 0. The molecule has 0 unspecified atom stereocenters. The molecule has 0 saturated heterocycles. The molecule has 2 aromatic rings. The first-order chi connectivity index (χ1) is 10.2. The molecule has 2 rings (SSSR count). The molecule has 0 spiro atoms. The van der Waals surface area contributed by atoms with Crippen LogP contribution in [0.2, 0.25) is 0 Å². The summed E-state index contributed by atoms with van der Waals surface area (Å²) in [4.78, 5) is 5.24. The predicted octanol–water partition coefficient (Wildman–Crippen LogP) is 5.16. The van der Waals surface area contributed by atoms with E-state index in [0.29, 0.717) is 49.0 Å². The van der Waals surface area contributed by atoms with Crippen molar-refractivity contribution in [3.05, 3.63) is 12.1 Å². The molecular formula is C12H10OS9. The van der Waals surface area contributed by atoms with Crippen molar-refractivity contribution in [3.63, 3.8) is 0 Å². The summed E-state index contributed by atoms with van der Waals surface area (Å²) >= 11 is 33.2. The van der Waals surface area contributed by atoms with E-state index in [2.05, 4.69) is 101 Å². The topological polar surface area (TPSA) is 23.1 Å². The molecule has 0 fully saturated rings. The Labute approximate surface area is 176 Å². The Bertz CT molecular complexity index is 696. The zero-order chi connectivity index (χ0) is 16.8. The van der Waals surface area contributed by atoms with Gasteiger partial charge in [-0.05, 0) is 0 Å². The van der Waals surface area contributed by atoms with Crippen molar-refractivity contribution < 1.29 is 4.55 Å². The quantitative estimate of drug-likeness (QED) is 0.231. The lowest BCUT2D eigenvalue weighted by Crippen LogP contribution is -2.06. The first-order valence-electron chi connectivity index (χ1n) is 5.52. The Morgan fingerprint density at radius 2 is 0.864 bits per heavy atom. The fourth-order valence-corrected chi connectivity index (χ4v) is 5.71. The summed E-state index contributed by atoms with van der Waals surface area (Å²) in [6.45, 7) is 0. The van der Waals surface area contributed by atoms with E-state index in [0.717, 1.165) is 0 Å². The number of benzene rings is 2. The van der Waals surface area contributed by atoms with Gasteiger partial charge in [-0.1, -0.05) is 0 Å². The Morgan fingerprint density at radius 3 is 1.18 bits per heavy atom. The van der Waals surface area contributed by atoms with Crippen LogP contribution in [0.5, 0.6) is 0 Å². The molecule has 2 aromatic carbocycles. The van der Waals surface area contributed by atoms with Gasteiger partial charge in [-0.25, -0.2) is 0 Å². The van der Waals surface area contributed by atoms with Gasteiger partial charge in [-0.2, -0.15) is 0 Å². The lowest BCUT2D eigenvalue weighted by Gasteiger charge is -2.18. The van der Waals surface area contributed by atoms with E-state index in [1.54, 1.807) is 12.1 Å². The van der Waals surface area contributed by atoms with Crippen LogP contribution < -0.4 is 0 Å². The van der Waals surface area contributed by atoms with E-state index in [1.807, 2.05) is 0 Å². The van der Waals surface area contributed by atoms with E-state index in [4.69, 9.17) is 0 Å². The zero-order valence-electron chi connectivity index (χ0n) is 10.5. The Balaban J connectivity index is 2.66. The van der Waals surface area contributed by atoms with Gasteiger partial charge in [0.25, 0.3) is 0 Å². The van der Waals surface area contributed by atoms with Gasteiger partial charge in [0.1, 0.15) is 0 Å². The highest BCUT2D eigenvalue weighted by Crippen LogP contribution is 2.42. The lowest BCUT2D eigenvalue weighted by molar-refractivity contribution is 0.588. The van der Waals surface area contributed by atoms with Crippen molar-refractivity contribution in [2.24, 2.45) is 0 Å². The van der Waals surface area contributed by atoms with Crippen molar-refractivity contribution in [2.45, 2.75) is 49.0 Å². The van der Waals surface area contributed by atoms with Gasteiger partial charge in [-0.3, -0.25) is 0 Å². The van der Waals surface area contributed by atoms with Crippen molar-refractivity contribution in [2.75, 3.05) is 0 Å². The molecule has 0 aliphatic heterocycles. The molecule has 0 radical (unpaired) electrons. The molecule has 0 heterocycles. The summed E-state index contributed by atoms with van der Waals surface area (Å²) in [6, 6.07) is 3.31. The van der Waals surface area contributed by atoms with Crippen molar-refractivity contribution >= 4 is 112 Å². The molecule has 0 bridgehead atoms. The second-order valence-electron chi connectivity index (χ2n) is 4.15. The maximum absolute atomic E-state index is 12.9. The minimum atomic E-state index is -1.54. The number of hydrogen-bond donors (Lipinski definition) is 8. The van der Waals surface area contributed by atoms with Crippen LogP contribution in [0, 0.1) is 0 Å². The molecule has 0 atom stereocenters. The van der Waals surface area contributed by atoms with Crippen LogP contribution in [0.15, 0.2) is 61.1 Å². The van der Waals surface area contributed by atoms with Crippen LogP contribution in [-0.2, 0) is 11.2 Å². The lowest BCUT2D eigenvalue weighted by atomic mass is 10.3. The highest BCUT2D eigenvalue weighted by atomic mass is 32.2. The fourth-order valence-electron chi connectivity index (χ4n) is 1.62. The van der Waals surface area contributed by atoms with Crippen LogP contribution in [0.4, 0.5) is 0 Å². The van der Waals surface area contributed by atoms with E-state index >= 15 is 0 Å². The van der Waals surface area contributed by atoms with Gasteiger partial charge in [0.15, 0.2) is 9.79 Å². The average molecular weight is 459 g/mol. The normalized spacial score (nSPS) is 11.4. The maximum atomic E-state index is 12.9. The van der Waals surface area contributed by atoms with E-state index in [-0.39, 0.29) is 0 Å². The maximum Gasteiger partial charge on any atom is 0.174 e. The zero-order valence-corrected chi connectivity index (χ0v) is 18.5. The third-order valence-electron chi connectivity index (χ3n) is 2.78. The first kappa shape index (κ1) is 19.9. The van der Waals surface area contributed by atoms with E-state index < -0.39 is 11.2 Å². The third-order valence-corrected chi connectivity index (χ3v) is 9.05. The summed E-state index contributed by atoms with van der Waals surface area (Å²) in [5.74, 6) is 0. The number of hydrogen-bond acceptors (Lipinski definition) is 9.